The fraction of sp³-hybridized carbons (Fsp3) is 0.556. The van der Waals surface area contributed by atoms with E-state index in [1.807, 2.05) is 30.3 Å². The standard InChI is InChI=1S/C27H35N7O3/c1-32-12-9-21(16-32)19-36-26-30-24-15-29-11-8-23(24)25(31-26)33-13-14-34(22(17-33)7-10-28)27(35)37-18-20-5-3-2-4-6-20/h2-6,21-22,29H,7-9,11-19H2,1H3/t21-,22?/m1/s1. The smallest absolute Gasteiger partial charge is 0.410 e. The van der Waals surface area contributed by atoms with E-state index in [4.69, 9.17) is 19.4 Å². The minimum absolute atomic E-state index is 0.211. The summed E-state index contributed by atoms with van der Waals surface area (Å²) < 4.78 is 11.7. The van der Waals surface area contributed by atoms with Gasteiger partial charge in [0.15, 0.2) is 0 Å². The fourth-order valence-electron chi connectivity index (χ4n) is 5.37. The summed E-state index contributed by atoms with van der Waals surface area (Å²) in [4.78, 5) is 28.7. The lowest BCUT2D eigenvalue weighted by Gasteiger charge is -2.41. The molecule has 2 atom stereocenters. The Labute approximate surface area is 218 Å². The quantitative estimate of drug-likeness (QED) is 0.606. The second-order valence-corrected chi connectivity index (χ2v) is 10.1. The van der Waals surface area contributed by atoms with Crippen LogP contribution in [0.5, 0.6) is 6.01 Å². The maximum Gasteiger partial charge on any atom is 0.410 e. The number of hydrogen-bond acceptors (Lipinski definition) is 9. The Morgan fingerprint density at radius 3 is 2.84 bits per heavy atom. The molecule has 2 aromatic rings. The van der Waals surface area contributed by atoms with Gasteiger partial charge in [0.1, 0.15) is 12.4 Å². The number of amides is 1. The summed E-state index contributed by atoms with van der Waals surface area (Å²) in [6, 6.07) is 12.0. The predicted octanol–water partition coefficient (Wildman–Crippen LogP) is 2.19. The van der Waals surface area contributed by atoms with Crippen molar-refractivity contribution in [3.8, 4) is 12.1 Å². The van der Waals surface area contributed by atoms with Crippen LogP contribution in [-0.4, -0.2) is 84.8 Å². The lowest BCUT2D eigenvalue weighted by atomic mass is 10.0. The molecule has 5 rings (SSSR count). The van der Waals surface area contributed by atoms with Crippen molar-refractivity contribution in [1.82, 2.24) is 25.1 Å². The number of ether oxygens (including phenoxy) is 2. The number of nitrogens with zero attached hydrogens (tertiary/aromatic N) is 6. The zero-order valence-electron chi connectivity index (χ0n) is 21.4. The molecule has 3 aliphatic rings. The molecule has 1 aromatic heterocycles. The molecular formula is C27H35N7O3. The summed E-state index contributed by atoms with van der Waals surface area (Å²) in [6.45, 7) is 6.05. The molecule has 1 N–H and O–H groups in total. The Balaban J connectivity index is 1.29. The van der Waals surface area contributed by atoms with Crippen LogP contribution in [0.4, 0.5) is 10.6 Å². The number of likely N-dealkylation sites (tertiary alicyclic amines) is 1. The summed E-state index contributed by atoms with van der Waals surface area (Å²) in [5, 5.41) is 12.9. The zero-order valence-corrected chi connectivity index (χ0v) is 21.4. The zero-order chi connectivity index (χ0) is 25.6. The van der Waals surface area contributed by atoms with Crippen LogP contribution in [-0.2, 0) is 24.3 Å². The molecule has 3 aliphatic heterocycles. The second-order valence-electron chi connectivity index (χ2n) is 10.1. The third-order valence-electron chi connectivity index (χ3n) is 7.38. The number of anilines is 1. The third kappa shape index (κ3) is 6.12. The van der Waals surface area contributed by atoms with Gasteiger partial charge in [-0.25, -0.2) is 4.79 Å². The van der Waals surface area contributed by atoms with Crippen LogP contribution in [0.1, 0.15) is 29.7 Å². The fourth-order valence-corrected chi connectivity index (χ4v) is 5.37. The number of aromatic nitrogens is 2. The molecule has 10 nitrogen and oxygen atoms in total. The maximum atomic E-state index is 12.9. The van der Waals surface area contributed by atoms with E-state index in [1.54, 1.807) is 4.90 Å². The number of nitriles is 1. The Bertz CT molecular complexity index is 1120. The van der Waals surface area contributed by atoms with Crippen molar-refractivity contribution in [2.45, 2.75) is 38.5 Å². The number of benzene rings is 1. The molecule has 0 saturated carbocycles. The highest BCUT2D eigenvalue weighted by Crippen LogP contribution is 2.29. The van der Waals surface area contributed by atoms with Gasteiger partial charge >= 0.3 is 12.1 Å². The normalized spacial score (nSPS) is 21.8. The molecule has 0 radical (unpaired) electrons. The van der Waals surface area contributed by atoms with Crippen LogP contribution >= 0.6 is 0 Å². The number of carbonyl (C=O) groups is 1. The Morgan fingerprint density at radius 1 is 1.19 bits per heavy atom. The van der Waals surface area contributed by atoms with Crippen LogP contribution in [0.15, 0.2) is 30.3 Å². The number of nitrogens with one attached hydrogen (secondary N) is 1. The Morgan fingerprint density at radius 2 is 2.05 bits per heavy atom. The highest BCUT2D eigenvalue weighted by molar-refractivity contribution is 5.69. The summed E-state index contributed by atoms with van der Waals surface area (Å²) in [6.07, 6.45) is 1.79. The second kappa shape index (κ2) is 11.8. The highest BCUT2D eigenvalue weighted by Gasteiger charge is 2.34. The van der Waals surface area contributed by atoms with Crippen molar-refractivity contribution in [3.63, 3.8) is 0 Å². The summed E-state index contributed by atoms with van der Waals surface area (Å²) in [5.74, 6) is 1.35. The van der Waals surface area contributed by atoms with E-state index in [1.165, 1.54) is 0 Å². The van der Waals surface area contributed by atoms with E-state index < -0.39 is 0 Å². The molecular weight excluding hydrogens is 470 g/mol. The van der Waals surface area contributed by atoms with Gasteiger partial charge in [0.05, 0.1) is 30.8 Å². The van der Waals surface area contributed by atoms with Crippen molar-refractivity contribution >= 4 is 11.9 Å². The molecule has 0 aliphatic carbocycles. The first-order valence-electron chi connectivity index (χ1n) is 13.1. The molecule has 2 fully saturated rings. The molecule has 10 heteroatoms. The first-order valence-corrected chi connectivity index (χ1v) is 13.1. The van der Waals surface area contributed by atoms with Gasteiger partial charge in [0.2, 0.25) is 0 Å². The molecule has 0 bridgehead atoms. The van der Waals surface area contributed by atoms with Gasteiger partial charge in [-0.1, -0.05) is 30.3 Å². The van der Waals surface area contributed by atoms with Crippen LogP contribution in [0.3, 0.4) is 0 Å². The minimum atomic E-state index is -0.386. The average Bonchev–Trinajstić information content (AvgIpc) is 3.35. The number of carbonyl (C=O) groups excluding carboxylic acids is 1. The topological polar surface area (TPSA) is 107 Å². The monoisotopic (exact) mass is 505 g/mol. The van der Waals surface area contributed by atoms with E-state index in [2.05, 4.69) is 28.2 Å². The van der Waals surface area contributed by atoms with E-state index in [0.717, 1.165) is 55.1 Å². The first-order chi connectivity index (χ1) is 18.1. The molecule has 196 valence electrons. The van der Waals surface area contributed by atoms with Crippen molar-refractivity contribution in [2.24, 2.45) is 5.92 Å². The van der Waals surface area contributed by atoms with Gasteiger partial charge in [-0.2, -0.15) is 15.2 Å². The summed E-state index contributed by atoms with van der Waals surface area (Å²) in [7, 11) is 2.13. The van der Waals surface area contributed by atoms with Crippen LogP contribution in [0.25, 0.3) is 0 Å². The van der Waals surface area contributed by atoms with Crippen LogP contribution in [0.2, 0.25) is 0 Å². The Hall–Kier alpha value is -3.42. The molecule has 1 aromatic carbocycles. The molecule has 0 spiro atoms. The summed E-state index contributed by atoms with van der Waals surface area (Å²) in [5.41, 5.74) is 3.03. The van der Waals surface area contributed by atoms with Crippen LogP contribution < -0.4 is 15.0 Å². The van der Waals surface area contributed by atoms with E-state index in [9.17, 15) is 10.1 Å². The van der Waals surface area contributed by atoms with E-state index >= 15 is 0 Å². The largest absolute Gasteiger partial charge is 0.463 e. The number of fused-ring (bicyclic) bond motifs is 1. The van der Waals surface area contributed by atoms with Crippen molar-refractivity contribution in [3.05, 3.63) is 47.2 Å². The lowest BCUT2D eigenvalue weighted by molar-refractivity contribution is 0.0767. The van der Waals surface area contributed by atoms with Gasteiger partial charge in [0, 0.05) is 44.2 Å². The highest BCUT2D eigenvalue weighted by atomic mass is 16.6. The van der Waals surface area contributed by atoms with E-state index in [0.29, 0.717) is 44.7 Å². The third-order valence-corrected chi connectivity index (χ3v) is 7.38. The van der Waals surface area contributed by atoms with Gasteiger partial charge in [-0.3, -0.25) is 0 Å². The summed E-state index contributed by atoms with van der Waals surface area (Å²) >= 11 is 0. The van der Waals surface area contributed by atoms with Gasteiger partial charge in [0.25, 0.3) is 0 Å². The predicted molar refractivity (Wildman–Crippen MR) is 138 cm³/mol. The van der Waals surface area contributed by atoms with E-state index in [-0.39, 0.29) is 25.2 Å². The molecule has 2 saturated heterocycles. The van der Waals surface area contributed by atoms with Crippen molar-refractivity contribution < 1.29 is 14.3 Å². The Kier molecular flexibility index (Phi) is 8.02. The lowest BCUT2D eigenvalue weighted by Crippen LogP contribution is -2.55. The molecule has 1 unspecified atom stereocenters. The number of piperazine rings is 1. The molecule has 1 amide bonds. The minimum Gasteiger partial charge on any atom is -0.463 e. The van der Waals surface area contributed by atoms with Crippen molar-refractivity contribution in [1.29, 1.82) is 5.26 Å². The average molecular weight is 506 g/mol. The van der Waals surface area contributed by atoms with Crippen LogP contribution in [0, 0.1) is 17.2 Å². The maximum absolute atomic E-state index is 12.9. The molecule has 4 heterocycles. The van der Waals surface area contributed by atoms with Gasteiger partial charge in [-0.05, 0) is 38.5 Å². The van der Waals surface area contributed by atoms with Gasteiger partial charge in [-0.15, -0.1) is 0 Å². The first kappa shape index (κ1) is 25.2. The SMILES string of the molecule is CN1CC[C@@H](COc2nc3c(c(N4CCN(C(=O)OCc5ccccc5)C(CC#N)C4)n2)CCNC3)C1. The van der Waals surface area contributed by atoms with Gasteiger partial charge < -0.3 is 29.5 Å². The number of hydrogen-bond donors (Lipinski definition) is 1. The molecule has 37 heavy (non-hydrogen) atoms. The number of rotatable bonds is 7. The van der Waals surface area contributed by atoms with Crippen molar-refractivity contribution in [2.75, 3.05) is 57.8 Å².